The largest absolute Gasteiger partial charge is 0.338 e. The van der Waals surface area contributed by atoms with E-state index in [1.54, 1.807) is 28.9 Å². The van der Waals surface area contributed by atoms with Gasteiger partial charge in [0.1, 0.15) is 23.2 Å². The van der Waals surface area contributed by atoms with Crippen LogP contribution in [-0.4, -0.2) is 32.0 Å². The molecular weight excluding hydrogens is 430 g/mol. The highest BCUT2D eigenvalue weighted by atomic mass is 32.1. The molecule has 28 heavy (non-hydrogen) atoms. The first-order valence-corrected chi connectivity index (χ1v) is 12.0. The van der Waals surface area contributed by atoms with Crippen molar-refractivity contribution in [1.29, 1.82) is 0 Å². The standard InChI is InChI=1S/C18H12N4O2P2S2/c23-7-25-17-19-6-12(22-17)14-5-16-15(28-14)4-13(27-16)9-1-2-10-11(3-9)21-18(20-10)26-8-24/h1-8,25-26H,(H,19,22)(H,20,21). The van der Waals surface area contributed by atoms with Crippen LogP contribution in [0.5, 0.6) is 0 Å². The number of thiophene rings is 2. The predicted octanol–water partition coefficient (Wildman–Crippen LogP) is 3.88. The molecule has 0 fully saturated rings. The molecule has 6 nitrogen and oxygen atoms in total. The van der Waals surface area contributed by atoms with E-state index in [0.717, 1.165) is 39.2 Å². The Labute approximate surface area is 170 Å². The second kappa shape index (κ2) is 7.30. The van der Waals surface area contributed by atoms with Gasteiger partial charge in [-0.15, -0.1) is 22.7 Å². The lowest BCUT2D eigenvalue weighted by molar-refractivity contribution is 0.569. The fraction of sp³-hybridized carbons (Fsp3) is 0. The summed E-state index contributed by atoms with van der Waals surface area (Å²) in [4.78, 5) is 38.8. The lowest BCUT2D eigenvalue weighted by atomic mass is 10.1. The van der Waals surface area contributed by atoms with E-state index in [1.165, 1.54) is 14.3 Å². The van der Waals surface area contributed by atoms with Gasteiger partial charge in [-0.3, -0.25) is 9.59 Å². The number of rotatable bonds is 6. The molecule has 0 bridgehead atoms. The first kappa shape index (κ1) is 17.8. The average Bonchev–Trinajstić information content (AvgIpc) is 3.43. The summed E-state index contributed by atoms with van der Waals surface area (Å²) < 4.78 is 2.44. The molecule has 5 rings (SSSR count). The highest BCUT2D eigenvalue weighted by Gasteiger charge is 2.12. The van der Waals surface area contributed by atoms with E-state index >= 15 is 0 Å². The smallest absolute Gasteiger partial charge is 0.146 e. The SMILES string of the molecule is O=CPc1ncc(-c2cc3sc(-c4ccc5nc(PC=O)[nH]c5c4)cc3s2)[nH]1. The number of hydrogen-bond donors (Lipinski definition) is 2. The Kier molecular flexibility index (Phi) is 4.65. The Morgan fingerprint density at radius 2 is 1.64 bits per heavy atom. The van der Waals surface area contributed by atoms with Gasteiger partial charge in [-0.05, 0) is 29.8 Å². The van der Waals surface area contributed by atoms with E-state index < -0.39 is 0 Å². The number of fused-ring (bicyclic) bond motifs is 2. The predicted molar refractivity (Wildman–Crippen MR) is 122 cm³/mol. The Hall–Kier alpha value is -2.24. The number of nitrogens with zero attached hydrogens (tertiary/aromatic N) is 2. The molecule has 138 valence electrons. The molecule has 0 spiro atoms. The van der Waals surface area contributed by atoms with Gasteiger partial charge in [0.2, 0.25) is 0 Å². The number of H-pyrrole nitrogens is 2. The Morgan fingerprint density at radius 1 is 0.893 bits per heavy atom. The number of aromatic nitrogens is 4. The minimum absolute atomic E-state index is 0.0470. The van der Waals surface area contributed by atoms with Gasteiger partial charge in [-0.2, -0.15) is 0 Å². The van der Waals surface area contributed by atoms with E-state index in [9.17, 15) is 9.59 Å². The second-order valence-corrected chi connectivity index (χ2v) is 10.1. The Bertz CT molecular complexity index is 1300. The van der Waals surface area contributed by atoms with Gasteiger partial charge in [-0.1, -0.05) is 6.07 Å². The molecule has 4 aromatic heterocycles. The van der Waals surface area contributed by atoms with Gasteiger partial charge in [0.05, 0.1) is 27.8 Å². The fourth-order valence-electron chi connectivity index (χ4n) is 2.97. The van der Waals surface area contributed by atoms with Crippen molar-refractivity contribution in [1.82, 2.24) is 19.9 Å². The van der Waals surface area contributed by atoms with Crippen molar-refractivity contribution < 1.29 is 9.59 Å². The molecule has 2 atom stereocenters. The van der Waals surface area contributed by atoms with Crippen molar-refractivity contribution in [2.24, 2.45) is 0 Å². The summed E-state index contributed by atoms with van der Waals surface area (Å²) in [5, 5.41) is 0. The molecule has 2 unspecified atom stereocenters. The zero-order valence-corrected chi connectivity index (χ0v) is 17.8. The minimum Gasteiger partial charge on any atom is -0.338 e. The highest BCUT2D eigenvalue weighted by molar-refractivity contribution is 7.62. The maximum atomic E-state index is 10.7. The molecule has 0 radical (unpaired) electrons. The topological polar surface area (TPSA) is 91.5 Å². The monoisotopic (exact) mass is 442 g/mol. The van der Waals surface area contributed by atoms with Gasteiger partial charge in [0, 0.05) is 31.4 Å². The lowest BCUT2D eigenvalue weighted by Gasteiger charge is -1.97. The average molecular weight is 442 g/mol. The van der Waals surface area contributed by atoms with Crippen LogP contribution in [0.4, 0.5) is 0 Å². The molecule has 0 aliphatic rings. The van der Waals surface area contributed by atoms with Crippen LogP contribution < -0.4 is 11.1 Å². The van der Waals surface area contributed by atoms with E-state index in [2.05, 4.69) is 44.2 Å². The maximum absolute atomic E-state index is 10.7. The molecule has 0 saturated heterocycles. The summed E-state index contributed by atoms with van der Waals surface area (Å²) in [6.07, 6.45) is 1.78. The lowest BCUT2D eigenvalue weighted by Crippen LogP contribution is -1.97. The third-order valence-electron chi connectivity index (χ3n) is 4.21. The van der Waals surface area contributed by atoms with Crippen LogP contribution in [0.25, 0.3) is 41.4 Å². The number of carbonyl (C=O) groups is 2. The van der Waals surface area contributed by atoms with Gasteiger partial charge >= 0.3 is 0 Å². The van der Waals surface area contributed by atoms with Crippen LogP contribution in [0.3, 0.4) is 0 Å². The van der Waals surface area contributed by atoms with Crippen LogP contribution in [-0.2, 0) is 9.59 Å². The van der Waals surface area contributed by atoms with Gasteiger partial charge in [0.25, 0.3) is 0 Å². The van der Waals surface area contributed by atoms with E-state index in [1.807, 2.05) is 6.07 Å². The van der Waals surface area contributed by atoms with Crippen molar-refractivity contribution >= 4 is 83.5 Å². The number of aromatic amines is 2. The molecule has 0 amide bonds. The van der Waals surface area contributed by atoms with E-state index in [4.69, 9.17) is 0 Å². The summed E-state index contributed by atoms with van der Waals surface area (Å²) in [6, 6.07) is 12.2. The fourth-order valence-corrected chi connectivity index (χ4v) is 6.29. The van der Waals surface area contributed by atoms with Crippen molar-refractivity contribution in [2.45, 2.75) is 0 Å². The molecule has 0 saturated carbocycles. The summed E-state index contributed by atoms with van der Waals surface area (Å²) in [6.45, 7) is 0. The van der Waals surface area contributed by atoms with Gasteiger partial charge < -0.3 is 9.97 Å². The molecule has 4 heterocycles. The van der Waals surface area contributed by atoms with Crippen LogP contribution in [0.15, 0.2) is 36.5 Å². The number of hydrogen-bond acceptors (Lipinski definition) is 6. The zero-order valence-electron chi connectivity index (χ0n) is 14.1. The highest BCUT2D eigenvalue weighted by Crippen LogP contribution is 2.41. The van der Waals surface area contributed by atoms with Crippen LogP contribution in [0.1, 0.15) is 0 Å². The van der Waals surface area contributed by atoms with Gasteiger partial charge in [-0.25, -0.2) is 9.97 Å². The molecule has 5 aromatic rings. The first-order chi connectivity index (χ1) is 13.7. The number of nitrogens with one attached hydrogen (secondary N) is 2. The van der Waals surface area contributed by atoms with Gasteiger partial charge in [0.15, 0.2) is 0 Å². The van der Waals surface area contributed by atoms with Crippen molar-refractivity contribution in [2.75, 3.05) is 0 Å². The van der Waals surface area contributed by atoms with Crippen molar-refractivity contribution in [3.05, 3.63) is 36.5 Å². The summed E-state index contributed by atoms with van der Waals surface area (Å²) in [5.74, 6) is 0. The van der Waals surface area contributed by atoms with Crippen LogP contribution in [0.2, 0.25) is 0 Å². The van der Waals surface area contributed by atoms with Crippen LogP contribution >= 0.6 is 39.8 Å². The second-order valence-electron chi connectivity index (χ2n) is 5.94. The molecule has 2 N–H and O–H groups in total. The van der Waals surface area contributed by atoms with Crippen molar-refractivity contribution in [3.8, 4) is 21.0 Å². The third kappa shape index (κ3) is 3.23. The molecule has 0 aliphatic carbocycles. The van der Waals surface area contributed by atoms with Crippen LogP contribution in [0, 0.1) is 0 Å². The van der Waals surface area contributed by atoms with E-state index in [-0.39, 0.29) is 17.2 Å². The molecular formula is C18H12N4O2P2S2. The summed E-state index contributed by atoms with van der Waals surface area (Å²) in [5.41, 5.74) is 5.32. The van der Waals surface area contributed by atoms with E-state index in [0.29, 0.717) is 11.1 Å². The minimum atomic E-state index is 0.0470. The summed E-state index contributed by atoms with van der Waals surface area (Å²) in [7, 11) is 0.102. The number of imidazole rings is 2. The Morgan fingerprint density at radius 3 is 2.46 bits per heavy atom. The molecule has 10 heteroatoms. The molecule has 1 aromatic carbocycles. The number of carbonyl (C=O) groups excluding carboxylic acids is 2. The first-order valence-electron chi connectivity index (χ1n) is 8.23. The quantitative estimate of drug-likeness (QED) is 0.308. The normalized spacial score (nSPS) is 12.3. The third-order valence-corrected chi connectivity index (χ3v) is 7.86. The summed E-state index contributed by atoms with van der Waals surface area (Å²) >= 11 is 3.45. The number of benzene rings is 1. The molecule has 0 aliphatic heterocycles. The zero-order chi connectivity index (χ0) is 19.1. The van der Waals surface area contributed by atoms with Crippen molar-refractivity contribution in [3.63, 3.8) is 0 Å². The maximum Gasteiger partial charge on any atom is 0.146 e. The Balaban J connectivity index is 1.48.